The number of hydrogen-bond acceptors (Lipinski definition) is 3. The third-order valence-corrected chi connectivity index (χ3v) is 5.03. The van der Waals surface area contributed by atoms with E-state index in [2.05, 4.69) is 5.32 Å². The van der Waals surface area contributed by atoms with E-state index in [0.29, 0.717) is 12.4 Å². The van der Waals surface area contributed by atoms with Gasteiger partial charge in [0, 0.05) is 24.2 Å². The van der Waals surface area contributed by atoms with Crippen LogP contribution in [0.15, 0.2) is 72.8 Å². The number of aromatic carboxylic acids is 1. The van der Waals surface area contributed by atoms with Crippen LogP contribution in [0.4, 0.5) is 5.69 Å². The smallest absolute Gasteiger partial charge is 0.335 e. The summed E-state index contributed by atoms with van der Waals surface area (Å²) in [5.41, 5.74) is 4.60. The molecule has 0 spiro atoms. The number of carboxylic acids is 1. The van der Waals surface area contributed by atoms with Crippen molar-refractivity contribution in [2.45, 2.75) is 19.9 Å². The Morgan fingerprint density at radius 1 is 0.967 bits per heavy atom. The van der Waals surface area contributed by atoms with Gasteiger partial charge in [0.2, 0.25) is 5.91 Å². The molecule has 1 heterocycles. The van der Waals surface area contributed by atoms with E-state index >= 15 is 0 Å². The molecule has 0 bridgehead atoms. The van der Waals surface area contributed by atoms with Crippen molar-refractivity contribution in [1.29, 1.82) is 0 Å². The largest absolute Gasteiger partial charge is 0.478 e. The molecule has 6 heteroatoms. The summed E-state index contributed by atoms with van der Waals surface area (Å²) in [6.07, 6.45) is 0.287. The Kier molecular flexibility index (Phi) is 5.30. The van der Waals surface area contributed by atoms with Crippen LogP contribution in [-0.2, 0) is 11.3 Å². The molecule has 0 aliphatic rings. The fourth-order valence-corrected chi connectivity index (χ4v) is 3.42. The second-order valence-electron chi connectivity index (χ2n) is 7.07. The first-order valence-corrected chi connectivity index (χ1v) is 9.67. The summed E-state index contributed by atoms with van der Waals surface area (Å²) < 4.78 is 2.00. The minimum atomic E-state index is -0.970. The van der Waals surface area contributed by atoms with Gasteiger partial charge in [0.15, 0.2) is 0 Å². The predicted molar refractivity (Wildman–Crippen MR) is 117 cm³/mol. The Balaban J connectivity index is 1.61. The molecule has 30 heavy (non-hydrogen) atoms. The lowest BCUT2D eigenvalue weighted by Crippen LogP contribution is -2.15. The van der Waals surface area contributed by atoms with Crippen LogP contribution in [0.3, 0.4) is 0 Å². The molecule has 0 aliphatic carbocycles. The fourth-order valence-electron chi connectivity index (χ4n) is 3.42. The fraction of sp³-hybridized carbons (Fsp3) is 0.125. The molecule has 2 N–H and O–H groups in total. The molecular formula is C24H21N3O3. The molecule has 3 aromatic carbocycles. The standard InChI is InChI=1S/C24H21N3O3/c1-16-6-2-3-7-19(16)25-22(28)14-15-27-21-9-5-4-8-20(21)26-23(27)17-10-12-18(13-11-17)24(29)30/h2-13H,14-15H2,1H3,(H,25,28)(H,29,30). The summed E-state index contributed by atoms with van der Waals surface area (Å²) >= 11 is 0. The number of hydrogen-bond donors (Lipinski definition) is 2. The molecule has 1 amide bonds. The Morgan fingerprint density at radius 3 is 2.40 bits per heavy atom. The van der Waals surface area contributed by atoms with Crippen LogP contribution in [0.25, 0.3) is 22.4 Å². The third-order valence-electron chi connectivity index (χ3n) is 5.03. The maximum Gasteiger partial charge on any atom is 0.335 e. The molecule has 4 rings (SSSR count). The maximum absolute atomic E-state index is 12.6. The molecule has 0 atom stereocenters. The van der Waals surface area contributed by atoms with Crippen LogP contribution in [0.1, 0.15) is 22.3 Å². The second kappa shape index (κ2) is 8.21. The van der Waals surface area contributed by atoms with Gasteiger partial charge in [0.1, 0.15) is 5.82 Å². The minimum absolute atomic E-state index is 0.0748. The molecule has 0 unspecified atom stereocenters. The molecular weight excluding hydrogens is 378 g/mol. The number of imidazole rings is 1. The molecule has 150 valence electrons. The number of benzene rings is 3. The van der Waals surface area contributed by atoms with Gasteiger partial charge in [0.25, 0.3) is 0 Å². The molecule has 0 saturated carbocycles. The highest BCUT2D eigenvalue weighted by molar-refractivity contribution is 5.92. The third kappa shape index (κ3) is 3.93. The topological polar surface area (TPSA) is 84.2 Å². The number of carbonyl (C=O) groups is 2. The van der Waals surface area contributed by atoms with E-state index in [1.807, 2.05) is 60.0 Å². The summed E-state index contributed by atoms with van der Waals surface area (Å²) in [5.74, 6) is -0.339. The summed E-state index contributed by atoms with van der Waals surface area (Å²) in [4.78, 5) is 28.4. The number of rotatable bonds is 6. The Morgan fingerprint density at radius 2 is 1.67 bits per heavy atom. The van der Waals surface area contributed by atoms with E-state index in [9.17, 15) is 9.59 Å². The molecule has 0 aliphatic heterocycles. The van der Waals surface area contributed by atoms with E-state index in [0.717, 1.165) is 27.8 Å². The van der Waals surface area contributed by atoms with Crippen molar-refractivity contribution in [3.05, 3.63) is 83.9 Å². The van der Waals surface area contributed by atoms with E-state index in [4.69, 9.17) is 10.1 Å². The first-order valence-electron chi connectivity index (χ1n) is 9.67. The van der Waals surface area contributed by atoms with E-state index in [1.165, 1.54) is 0 Å². The lowest BCUT2D eigenvalue weighted by Gasteiger charge is -2.11. The zero-order valence-electron chi connectivity index (χ0n) is 16.5. The van der Waals surface area contributed by atoms with Crippen LogP contribution >= 0.6 is 0 Å². The highest BCUT2D eigenvalue weighted by atomic mass is 16.4. The number of fused-ring (bicyclic) bond motifs is 1. The molecule has 1 aromatic heterocycles. The van der Waals surface area contributed by atoms with Crippen molar-refractivity contribution in [2.75, 3.05) is 5.32 Å². The van der Waals surface area contributed by atoms with Crippen molar-refractivity contribution < 1.29 is 14.7 Å². The first kappa shape index (κ1) is 19.4. The van der Waals surface area contributed by atoms with Crippen molar-refractivity contribution in [3.8, 4) is 11.4 Å². The average molecular weight is 399 g/mol. The van der Waals surface area contributed by atoms with Gasteiger partial charge in [-0.25, -0.2) is 9.78 Å². The van der Waals surface area contributed by atoms with Gasteiger partial charge in [-0.05, 0) is 42.8 Å². The molecule has 0 saturated heterocycles. The van der Waals surface area contributed by atoms with Crippen molar-refractivity contribution in [2.24, 2.45) is 0 Å². The number of carboxylic acid groups (broad SMARTS) is 1. The lowest BCUT2D eigenvalue weighted by molar-refractivity contribution is -0.116. The second-order valence-corrected chi connectivity index (χ2v) is 7.07. The summed E-state index contributed by atoms with van der Waals surface area (Å²) in [7, 11) is 0. The zero-order valence-corrected chi connectivity index (χ0v) is 16.5. The quantitative estimate of drug-likeness (QED) is 0.491. The van der Waals surface area contributed by atoms with Gasteiger partial charge < -0.3 is 15.0 Å². The minimum Gasteiger partial charge on any atom is -0.478 e. The van der Waals surface area contributed by atoms with Crippen LogP contribution in [0, 0.1) is 6.92 Å². The molecule has 6 nitrogen and oxygen atoms in total. The van der Waals surface area contributed by atoms with Gasteiger partial charge in [-0.2, -0.15) is 0 Å². The SMILES string of the molecule is Cc1ccccc1NC(=O)CCn1c(-c2ccc(C(=O)O)cc2)nc2ccccc21. The number of carbonyl (C=O) groups excluding carboxylic acids is 1. The number of nitrogens with one attached hydrogen (secondary N) is 1. The average Bonchev–Trinajstić information content (AvgIpc) is 3.12. The zero-order chi connectivity index (χ0) is 21.1. The number of nitrogens with zero attached hydrogens (tertiary/aromatic N) is 2. The number of aryl methyl sites for hydroxylation is 2. The van der Waals surface area contributed by atoms with Crippen LogP contribution < -0.4 is 5.32 Å². The van der Waals surface area contributed by atoms with Crippen molar-refractivity contribution in [1.82, 2.24) is 9.55 Å². The Labute approximate surface area is 173 Å². The number of amides is 1. The number of aromatic nitrogens is 2. The normalized spacial score (nSPS) is 10.8. The van der Waals surface area contributed by atoms with Gasteiger partial charge in [-0.15, -0.1) is 0 Å². The molecule has 0 radical (unpaired) electrons. The monoisotopic (exact) mass is 399 g/mol. The van der Waals surface area contributed by atoms with Gasteiger partial charge >= 0.3 is 5.97 Å². The van der Waals surface area contributed by atoms with Crippen LogP contribution in [0.2, 0.25) is 0 Å². The highest BCUT2D eigenvalue weighted by Crippen LogP contribution is 2.26. The van der Waals surface area contributed by atoms with Crippen LogP contribution in [0.5, 0.6) is 0 Å². The van der Waals surface area contributed by atoms with Crippen LogP contribution in [-0.4, -0.2) is 26.5 Å². The van der Waals surface area contributed by atoms with Crippen molar-refractivity contribution in [3.63, 3.8) is 0 Å². The Hall–Kier alpha value is -3.93. The summed E-state index contributed by atoms with van der Waals surface area (Å²) in [5, 5.41) is 12.1. The van der Waals surface area contributed by atoms with Crippen molar-refractivity contribution >= 4 is 28.6 Å². The van der Waals surface area contributed by atoms with Gasteiger partial charge in [-0.1, -0.05) is 42.5 Å². The summed E-state index contributed by atoms with van der Waals surface area (Å²) in [6, 6.07) is 22.0. The van der Waals surface area contributed by atoms with E-state index in [-0.39, 0.29) is 17.9 Å². The highest BCUT2D eigenvalue weighted by Gasteiger charge is 2.14. The Bertz CT molecular complexity index is 1230. The number of anilines is 1. The molecule has 0 fully saturated rings. The van der Waals surface area contributed by atoms with Gasteiger partial charge in [0.05, 0.1) is 16.6 Å². The lowest BCUT2D eigenvalue weighted by atomic mass is 10.1. The van der Waals surface area contributed by atoms with Gasteiger partial charge in [-0.3, -0.25) is 4.79 Å². The van der Waals surface area contributed by atoms with E-state index in [1.54, 1.807) is 24.3 Å². The first-order chi connectivity index (χ1) is 14.5. The predicted octanol–water partition coefficient (Wildman–Crippen LogP) is 4.74. The molecule has 4 aromatic rings. The van der Waals surface area contributed by atoms with E-state index < -0.39 is 5.97 Å². The number of para-hydroxylation sites is 3. The maximum atomic E-state index is 12.6. The summed E-state index contributed by atoms with van der Waals surface area (Å²) in [6.45, 7) is 2.41.